The van der Waals surface area contributed by atoms with Gasteiger partial charge in [0.15, 0.2) is 5.96 Å². The van der Waals surface area contributed by atoms with Gasteiger partial charge in [-0.25, -0.2) is 4.99 Å². The molecule has 0 bridgehead atoms. The van der Waals surface area contributed by atoms with Gasteiger partial charge in [-0.2, -0.15) is 0 Å². The molecule has 1 aliphatic heterocycles. The minimum absolute atomic E-state index is 0. The topological polar surface area (TPSA) is 69.1 Å². The zero-order valence-corrected chi connectivity index (χ0v) is 21.8. The summed E-state index contributed by atoms with van der Waals surface area (Å²) < 4.78 is 5.64. The molecule has 31 heavy (non-hydrogen) atoms. The summed E-state index contributed by atoms with van der Waals surface area (Å²) in [6, 6.07) is 12.4. The molecule has 0 radical (unpaired) electrons. The van der Waals surface area contributed by atoms with Crippen molar-refractivity contribution >= 4 is 41.3 Å². The van der Waals surface area contributed by atoms with E-state index in [1.165, 1.54) is 18.4 Å². The first-order valence-corrected chi connectivity index (χ1v) is 11.6. The number of nitrogens with zero attached hydrogens (tertiary/aromatic N) is 2. The van der Waals surface area contributed by atoms with E-state index in [0.717, 1.165) is 30.3 Å². The third-order valence-corrected chi connectivity index (χ3v) is 6.61. The van der Waals surface area contributed by atoms with E-state index in [4.69, 9.17) is 4.74 Å². The van der Waals surface area contributed by atoms with Crippen LogP contribution in [0.3, 0.4) is 0 Å². The predicted molar refractivity (Wildman–Crippen MR) is 140 cm³/mol. The fraction of sp³-hybridized carbons (Fsp3) is 0.522. The summed E-state index contributed by atoms with van der Waals surface area (Å²) in [7, 11) is 1.73. The van der Waals surface area contributed by atoms with Gasteiger partial charge >= 0.3 is 0 Å². The van der Waals surface area contributed by atoms with Crippen LogP contribution in [0, 0.1) is 0 Å². The highest BCUT2D eigenvalue weighted by Crippen LogP contribution is 2.31. The third kappa shape index (κ3) is 7.06. The molecular formula is C23H35IN4O2S. The SMILES string of the molecule is CCNC(=NCC(C)(O)c1cccs1)NCC(c1ccccc1OC)N1CCCC1.I. The quantitative estimate of drug-likeness (QED) is 0.247. The van der Waals surface area contributed by atoms with Crippen LogP contribution >= 0.6 is 35.3 Å². The molecule has 1 fully saturated rings. The average Bonchev–Trinajstić information content (AvgIpc) is 3.47. The number of likely N-dealkylation sites (tertiary alicyclic amines) is 1. The highest BCUT2D eigenvalue weighted by Gasteiger charge is 2.27. The van der Waals surface area contributed by atoms with Crippen LogP contribution in [-0.4, -0.2) is 55.8 Å². The molecule has 172 valence electrons. The van der Waals surface area contributed by atoms with E-state index < -0.39 is 5.60 Å². The molecule has 8 heteroatoms. The van der Waals surface area contributed by atoms with E-state index in [1.807, 2.05) is 43.5 Å². The van der Waals surface area contributed by atoms with Gasteiger partial charge in [0.25, 0.3) is 0 Å². The number of hydrogen-bond donors (Lipinski definition) is 3. The molecule has 2 aromatic rings. The normalized spacial score (nSPS) is 17.5. The zero-order chi connectivity index (χ0) is 21.4. The minimum Gasteiger partial charge on any atom is -0.496 e. The molecule has 6 nitrogen and oxygen atoms in total. The third-order valence-electron chi connectivity index (χ3n) is 5.48. The molecule has 1 aromatic carbocycles. The Labute approximate surface area is 207 Å². The predicted octanol–water partition coefficient (Wildman–Crippen LogP) is 3.97. The molecule has 1 saturated heterocycles. The van der Waals surface area contributed by atoms with Gasteiger partial charge in [-0.15, -0.1) is 35.3 Å². The second-order valence-electron chi connectivity index (χ2n) is 7.83. The Bertz CT molecular complexity index is 808. The first-order valence-electron chi connectivity index (χ1n) is 10.7. The highest BCUT2D eigenvalue weighted by molar-refractivity contribution is 14.0. The Morgan fingerprint density at radius 2 is 1.97 bits per heavy atom. The number of thiophene rings is 1. The number of hydrogen-bond acceptors (Lipinski definition) is 5. The van der Waals surface area contributed by atoms with Crippen molar-refractivity contribution in [1.82, 2.24) is 15.5 Å². The molecule has 0 spiro atoms. The van der Waals surface area contributed by atoms with E-state index in [9.17, 15) is 5.11 Å². The van der Waals surface area contributed by atoms with Gasteiger partial charge in [-0.1, -0.05) is 24.3 Å². The lowest BCUT2D eigenvalue weighted by atomic mass is 10.0. The molecule has 2 unspecified atom stereocenters. The van der Waals surface area contributed by atoms with E-state index >= 15 is 0 Å². The smallest absolute Gasteiger partial charge is 0.191 e. The van der Waals surface area contributed by atoms with Crippen molar-refractivity contribution in [3.8, 4) is 5.75 Å². The lowest BCUT2D eigenvalue weighted by molar-refractivity contribution is 0.0711. The number of halogens is 1. The van der Waals surface area contributed by atoms with Crippen LogP contribution in [-0.2, 0) is 5.60 Å². The van der Waals surface area contributed by atoms with Gasteiger partial charge in [0.2, 0.25) is 0 Å². The van der Waals surface area contributed by atoms with Crippen molar-refractivity contribution < 1.29 is 9.84 Å². The number of rotatable bonds is 9. The second-order valence-corrected chi connectivity index (χ2v) is 8.78. The number of methoxy groups -OCH3 is 1. The fourth-order valence-electron chi connectivity index (χ4n) is 3.86. The van der Waals surface area contributed by atoms with Gasteiger partial charge < -0.3 is 20.5 Å². The maximum Gasteiger partial charge on any atom is 0.191 e. The Kier molecular flexibility index (Phi) is 10.5. The van der Waals surface area contributed by atoms with Gasteiger partial charge in [-0.05, 0) is 57.3 Å². The van der Waals surface area contributed by atoms with Crippen molar-refractivity contribution in [2.24, 2.45) is 4.99 Å². The molecule has 3 N–H and O–H groups in total. The summed E-state index contributed by atoms with van der Waals surface area (Å²) in [5.41, 5.74) is 0.212. The lowest BCUT2D eigenvalue weighted by Crippen LogP contribution is -2.43. The number of guanidine groups is 1. The van der Waals surface area contributed by atoms with Crippen molar-refractivity contribution in [2.75, 3.05) is 39.8 Å². The van der Waals surface area contributed by atoms with Gasteiger partial charge in [0, 0.05) is 23.5 Å². The molecule has 1 aliphatic rings. The molecule has 2 atom stereocenters. The molecule has 0 amide bonds. The number of nitrogens with one attached hydrogen (secondary N) is 2. The van der Waals surface area contributed by atoms with Crippen molar-refractivity contribution in [1.29, 1.82) is 0 Å². The van der Waals surface area contributed by atoms with Crippen LogP contribution in [0.15, 0.2) is 46.8 Å². The summed E-state index contributed by atoms with van der Waals surface area (Å²) in [6.07, 6.45) is 2.45. The van der Waals surface area contributed by atoms with Crippen LogP contribution in [0.1, 0.15) is 43.2 Å². The maximum absolute atomic E-state index is 10.8. The first kappa shape index (κ1) is 25.9. The van der Waals surface area contributed by atoms with E-state index in [-0.39, 0.29) is 30.0 Å². The zero-order valence-electron chi connectivity index (χ0n) is 18.6. The fourth-order valence-corrected chi connectivity index (χ4v) is 4.64. The first-order chi connectivity index (χ1) is 14.5. The van der Waals surface area contributed by atoms with E-state index in [0.29, 0.717) is 19.0 Å². The van der Waals surface area contributed by atoms with Crippen molar-refractivity contribution in [2.45, 2.75) is 38.3 Å². The number of ether oxygens (including phenoxy) is 1. The van der Waals surface area contributed by atoms with Crippen molar-refractivity contribution in [3.63, 3.8) is 0 Å². The highest BCUT2D eigenvalue weighted by atomic mass is 127. The van der Waals surface area contributed by atoms with E-state index in [1.54, 1.807) is 18.4 Å². The number of para-hydroxylation sites is 1. The molecule has 0 aliphatic carbocycles. The van der Waals surface area contributed by atoms with Crippen LogP contribution < -0.4 is 15.4 Å². The van der Waals surface area contributed by atoms with Crippen LogP contribution in [0.2, 0.25) is 0 Å². The Hall–Kier alpha value is -1.36. The summed E-state index contributed by atoms with van der Waals surface area (Å²) in [5.74, 6) is 1.63. The summed E-state index contributed by atoms with van der Waals surface area (Å²) >= 11 is 1.55. The average molecular weight is 559 g/mol. The Morgan fingerprint density at radius 3 is 2.61 bits per heavy atom. The van der Waals surface area contributed by atoms with Gasteiger partial charge in [-0.3, -0.25) is 4.90 Å². The molecule has 2 heterocycles. The largest absolute Gasteiger partial charge is 0.496 e. The second kappa shape index (κ2) is 12.6. The molecule has 3 rings (SSSR count). The monoisotopic (exact) mass is 558 g/mol. The lowest BCUT2D eigenvalue weighted by Gasteiger charge is -2.30. The Balaban J connectivity index is 0.00000341. The van der Waals surface area contributed by atoms with E-state index in [2.05, 4.69) is 32.7 Å². The van der Waals surface area contributed by atoms with Gasteiger partial charge in [0.05, 0.1) is 19.7 Å². The summed E-state index contributed by atoms with van der Waals surface area (Å²) in [5, 5.41) is 19.6. The molecule has 0 saturated carbocycles. The van der Waals surface area contributed by atoms with Crippen LogP contribution in [0.4, 0.5) is 0 Å². The number of aliphatic imine (C=N–C) groups is 1. The van der Waals surface area contributed by atoms with Crippen LogP contribution in [0.5, 0.6) is 5.75 Å². The molecular weight excluding hydrogens is 523 g/mol. The Morgan fingerprint density at radius 1 is 1.23 bits per heavy atom. The standard InChI is InChI=1S/C23H34N4O2S.HI/c1-4-24-22(26-17-23(2,28)21-12-9-15-30-21)25-16-19(27-13-7-8-14-27)18-10-5-6-11-20(18)29-3;/h5-6,9-12,15,19,28H,4,7-8,13-14,16-17H2,1-3H3,(H2,24,25,26);1H. The number of aliphatic hydroxyl groups is 1. The maximum atomic E-state index is 10.8. The minimum atomic E-state index is -0.979. The molecule has 1 aromatic heterocycles. The van der Waals surface area contributed by atoms with Crippen LogP contribution in [0.25, 0.3) is 0 Å². The summed E-state index contributed by atoms with van der Waals surface area (Å²) in [4.78, 5) is 8.11. The number of benzene rings is 1. The van der Waals surface area contributed by atoms with Gasteiger partial charge in [0.1, 0.15) is 11.4 Å². The summed E-state index contributed by atoms with van der Waals surface area (Å²) in [6.45, 7) is 7.81. The van der Waals surface area contributed by atoms with Crippen molar-refractivity contribution in [3.05, 3.63) is 52.2 Å².